The molecule has 1 saturated carbocycles. The van der Waals surface area contributed by atoms with Crippen LogP contribution in [0.2, 0.25) is 0 Å². The van der Waals surface area contributed by atoms with E-state index < -0.39 is 36.4 Å². The van der Waals surface area contributed by atoms with Crippen molar-refractivity contribution in [2.24, 2.45) is 17.6 Å². The zero-order valence-corrected chi connectivity index (χ0v) is 34.8. The highest BCUT2D eigenvalue weighted by molar-refractivity contribution is 5.84. The van der Waals surface area contributed by atoms with E-state index in [1.54, 1.807) is 12.1 Å². The van der Waals surface area contributed by atoms with E-state index in [0.29, 0.717) is 17.9 Å². The molecule has 0 amide bonds. The molecule has 4 aromatic carbocycles. The minimum Gasteiger partial charge on any atom is -0.508 e. The third kappa shape index (κ3) is 7.32. The van der Waals surface area contributed by atoms with Crippen LogP contribution in [0.5, 0.6) is 28.7 Å². The van der Waals surface area contributed by atoms with Crippen LogP contribution in [0.25, 0.3) is 11.1 Å². The van der Waals surface area contributed by atoms with Crippen molar-refractivity contribution in [3.05, 3.63) is 117 Å². The predicted molar refractivity (Wildman–Crippen MR) is 233 cm³/mol. The number of nitrogens with two attached hydrogens (primary N) is 1. The minimum absolute atomic E-state index is 0.0171. The molecule has 4 bridgehead atoms. The molecule has 3 aliphatic heterocycles. The number of allylic oxidation sites excluding steroid dienone is 3. The van der Waals surface area contributed by atoms with E-state index in [9.17, 15) is 20.1 Å². The van der Waals surface area contributed by atoms with E-state index in [4.69, 9.17) is 24.7 Å². The first kappa shape index (κ1) is 40.3. The highest BCUT2D eigenvalue weighted by Crippen LogP contribution is 2.63. The third-order valence-corrected chi connectivity index (χ3v) is 13.4. The molecule has 0 aromatic heterocycles. The number of carbonyl (C=O) groups is 1. The number of methoxy groups -OCH3 is 1. The Balaban J connectivity index is 1.28. The van der Waals surface area contributed by atoms with Gasteiger partial charge in [-0.15, -0.1) is 0 Å². The topological polar surface area (TPSA) is 165 Å². The van der Waals surface area contributed by atoms with Crippen molar-refractivity contribution in [3.63, 3.8) is 0 Å². The fraction of sp³-hybridized carbons (Fsp3) is 0.380. The maximum Gasteiger partial charge on any atom is 0.302 e. The van der Waals surface area contributed by atoms with Crippen molar-refractivity contribution in [1.29, 1.82) is 0 Å². The van der Waals surface area contributed by atoms with Gasteiger partial charge in [-0.1, -0.05) is 42.3 Å². The molecule has 11 nitrogen and oxygen atoms in total. The van der Waals surface area contributed by atoms with Gasteiger partial charge in [0.1, 0.15) is 30.0 Å². The molecule has 3 heterocycles. The number of hydrogen-bond donors (Lipinski definition) is 6. The summed E-state index contributed by atoms with van der Waals surface area (Å²) in [4.78, 5) is 12.4. The van der Waals surface area contributed by atoms with Gasteiger partial charge in [0.15, 0.2) is 18.3 Å². The molecule has 1 unspecified atom stereocenters. The first-order valence-electron chi connectivity index (χ1n) is 21.3. The molecular formula is C50H53N3O8. The van der Waals surface area contributed by atoms with E-state index in [1.165, 1.54) is 19.6 Å². The van der Waals surface area contributed by atoms with Crippen LogP contribution in [-0.2, 0) is 34.2 Å². The summed E-state index contributed by atoms with van der Waals surface area (Å²) in [5.41, 5.74) is 16.6. The van der Waals surface area contributed by atoms with Gasteiger partial charge in [0, 0.05) is 59.3 Å². The SMILES string of the molecule is CCNc1ccccc1CC[C@H]1C2=C(C#CCc3cc(O)c(OC)cc3[C@H]3Oc4c(ccc5c4[C@@]4(CC[C@H]1C4)Cc1cc(O)cc(OCO)c1-5)[C@@H]3COC(C)=O)NC(N)C=C2. The Kier molecular flexibility index (Phi) is 10.8. The number of carbonyl (C=O) groups excluding carboxylic acids is 1. The number of fused-ring (bicyclic) bond motifs is 6. The number of esters is 1. The second kappa shape index (κ2) is 16.4. The Morgan fingerprint density at radius 1 is 1.07 bits per heavy atom. The van der Waals surface area contributed by atoms with Crippen LogP contribution >= 0.6 is 0 Å². The van der Waals surface area contributed by atoms with Gasteiger partial charge in [-0.2, -0.15) is 0 Å². The average molecular weight is 824 g/mol. The van der Waals surface area contributed by atoms with Crippen molar-refractivity contribution in [2.45, 2.75) is 82.4 Å². The van der Waals surface area contributed by atoms with Crippen LogP contribution in [-0.4, -0.2) is 54.5 Å². The average Bonchev–Trinajstić information content (AvgIpc) is 3.82. The monoisotopic (exact) mass is 823 g/mol. The summed E-state index contributed by atoms with van der Waals surface area (Å²) in [5.74, 6) is 7.96. The molecule has 1 fully saturated rings. The minimum atomic E-state index is -0.621. The molecule has 4 aromatic rings. The van der Waals surface area contributed by atoms with Crippen molar-refractivity contribution >= 4 is 11.7 Å². The number of ether oxygens (including phenoxy) is 4. The lowest BCUT2D eigenvalue weighted by Crippen LogP contribution is -2.38. The maximum absolute atomic E-state index is 12.4. The fourth-order valence-electron chi connectivity index (χ4n) is 10.9. The number of aryl methyl sites for hydroxylation is 1. The molecule has 7 N–H and O–H groups in total. The van der Waals surface area contributed by atoms with Crippen LogP contribution in [0.1, 0.15) is 84.9 Å². The highest BCUT2D eigenvalue weighted by Gasteiger charge is 2.52. The largest absolute Gasteiger partial charge is 0.508 e. The molecular weight excluding hydrogens is 771 g/mol. The molecule has 316 valence electrons. The maximum atomic E-state index is 12.4. The van der Waals surface area contributed by atoms with Crippen molar-refractivity contribution in [2.75, 3.05) is 32.4 Å². The molecule has 6 atom stereocenters. The standard InChI is InChI=1S/C50H53N3O8/c1-4-52-40-10-6-5-8-29(40)12-13-34-31-18-19-50(24-31)25-32-20-33(56)22-44(60-27-54)46(32)37-15-14-36-39(26-59-28(2)55)48(61-49(36)47(37)50)38-23-43(58-3)42(57)21-30(38)9-7-11-41-35(34)16-17-45(51)53-41/h5-6,8,10,14-17,20-23,31,34,39,45,48,52-54,56-57H,4,9,12-13,18-19,24-27,51H2,1-3H3/t31-,34+,39-,45?,48+,50+/m0/s1. The zero-order chi connectivity index (χ0) is 42.4. The smallest absolute Gasteiger partial charge is 0.302 e. The number of rotatable bonds is 10. The summed E-state index contributed by atoms with van der Waals surface area (Å²) in [6, 6.07) is 19.6. The summed E-state index contributed by atoms with van der Waals surface area (Å²) in [7, 11) is 1.52. The van der Waals surface area contributed by atoms with Crippen LogP contribution < -0.4 is 30.6 Å². The van der Waals surface area contributed by atoms with Crippen LogP contribution in [0, 0.1) is 23.7 Å². The lowest BCUT2D eigenvalue weighted by molar-refractivity contribution is -0.141. The summed E-state index contributed by atoms with van der Waals surface area (Å²) < 4.78 is 24.6. The van der Waals surface area contributed by atoms with Crippen LogP contribution in [0.4, 0.5) is 5.69 Å². The van der Waals surface area contributed by atoms with Crippen molar-refractivity contribution in [3.8, 4) is 51.7 Å². The quantitative estimate of drug-likeness (QED) is 0.0536. The van der Waals surface area contributed by atoms with E-state index in [0.717, 1.165) is 100 Å². The predicted octanol–water partition coefficient (Wildman–Crippen LogP) is 7.42. The molecule has 11 heteroatoms. The number of aliphatic hydroxyl groups is 1. The fourth-order valence-corrected chi connectivity index (χ4v) is 10.9. The number of phenols is 2. The number of aliphatic hydroxyl groups excluding tert-OH is 1. The summed E-state index contributed by atoms with van der Waals surface area (Å²) in [6.07, 6.45) is 8.38. The molecule has 5 aliphatic rings. The van der Waals surface area contributed by atoms with E-state index in [-0.39, 0.29) is 36.4 Å². The number of nitrogens with one attached hydrogen (secondary N) is 2. The van der Waals surface area contributed by atoms with E-state index in [1.807, 2.05) is 18.2 Å². The van der Waals surface area contributed by atoms with Gasteiger partial charge >= 0.3 is 5.97 Å². The third-order valence-electron chi connectivity index (χ3n) is 13.4. The van der Waals surface area contributed by atoms with Gasteiger partial charge in [0.05, 0.1) is 24.9 Å². The first-order valence-corrected chi connectivity index (χ1v) is 21.3. The molecule has 0 saturated heterocycles. The normalized spacial score (nSPS) is 24.0. The number of benzene rings is 4. The number of anilines is 1. The van der Waals surface area contributed by atoms with Crippen LogP contribution in [0.3, 0.4) is 0 Å². The number of aromatic hydroxyl groups is 2. The lowest BCUT2D eigenvalue weighted by atomic mass is 9.64. The van der Waals surface area contributed by atoms with Gasteiger partial charge in [-0.05, 0) is 121 Å². The molecule has 61 heavy (non-hydrogen) atoms. The second-order valence-electron chi connectivity index (χ2n) is 17.0. The van der Waals surface area contributed by atoms with Crippen molar-refractivity contribution < 1.29 is 39.1 Å². The lowest BCUT2D eigenvalue weighted by Gasteiger charge is -2.40. The van der Waals surface area contributed by atoms with Gasteiger partial charge in [-0.25, -0.2) is 0 Å². The molecule has 9 rings (SSSR count). The Morgan fingerprint density at radius 3 is 2.72 bits per heavy atom. The number of phenolic OH excluding ortho intramolecular Hbond substituents is 2. The van der Waals surface area contributed by atoms with E-state index in [2.05, 4.69) is 71.9 Å². The Labute approximate surface area is 356 Å². The van der Waals surface area contributed by atoms with Gasteiger partial charge < -0.3 is 50.6 Å². The number of hydrogen-bond acceptors (Lipinski definition) is 11. The van der Waals surface area contributed by atoms with Gasteiger partial charge in [0.2, 0.25) is 0 Å². The first-order chi connectivity index (χ1) is 29.6. The summed E-state index contributed by atoms with van der Waals surface area (Å²) in [6.45, 7) is 3.86. The second-order valence-corrected chi connectivity index (χ2v) is 17.0. The number of dihydropyridines is 1. The summed E-state index contributed by atoms with van der Waals surface area (Å²) in [5, 5.41) is 39.3. The van der Waals surface area contributed by atoms with Gasteiger partial charge in [-0.3, -0.25) is 4.79 Å². The van der Waals surface area contributed by atoms with E-state index >= 15 is 0 Å². The van der Waals surface area contributed by atoms with Gasteiger partial charge in [0.25, 0.3) is 0 Å². The Hall–Kier alpha value is -6.09. The number of para-hydroxylation sites is 1. The molecule has 0 radical (unpaired) electrons. The molecule has 2 aliphatic carbocycles. The Bertz CT molecular complexity index is 2520. The van der Waals surface area contributed by atoms with Crippen LogP contribution in [0.15, 0.2) is 84.1 Å². The van der Waals surface area contributed by atoms with Crippen molar-refractivity contribution in [1.82, 2.24) is 5.32 Å². The zero-order valence-electron chi connectivity index (χ0n) is 34.8. The Morgan fingerprint density at radius 2 is 1.92 bits per heavy atom. The highest BCUT2D eigenvalue weighted by atomic mass is 16.6. The summed E-state index contributed by atoms with van der Waals surface area (Å²) >= 11 is 0. The molecule has 1 spiro atoms.